The molecule has 5 nitrogen and oxygen atoms in total. The standard InChI is InChI=1S/C21H23Cl2N3O2/c22-15-10-16(23)12-19(11-15)24-13-20(27)25-18-8-4-5-14(9-18)21(28)26-17-6-2-1-3-7-17/h4-5,8-12,17,24H,1-3,6-7,13H2,(H,25,27)(H,26,28). The molecule has 0 saturated heterocycles. The summed E-state index contributed by atoms with van der Waals surface area (Å²) < 4.78 is 0. The lowest BCUT2D eigenvalue weighted by Crippen LogP contribution is -2.36. The van der Waals surface area contributed by atoms with Crippen molar-refractivity contribution in [3.63, 3.8) is 0 Å². The number of rotatable bonds is 6. The predicted octanol–water partition coefficient (Wildman–Crippen LogP) is 5.11. The number of carbonyl (C=O) groups excluding carboxylic acids is 2. The van der Waals surface area contributed by atoms with Crippen LogP contribution in [-0.2, 0) is 4.79 Å². The summed E-state index contributed by atoms with van der Waals surface area (Å²) >= 11 is 11.9. The van der Waals surface area contributed by atoms with Gasteiger partial charge in [0.25, 0.3) is 5.91 Å². The molecule has 0 unspecified atom stereocenters. The molecule has 0 heterocycles. The SMILES string of the molecule is O=C(CNc1cc(Cl)cc(Cl)c1)Nc1cccc(C(=O)NC2CCCCC2)c1. The van der Waals surface area contributed by atoms with Crippen molar-refractivity contribution < 1.29 is 9.59 Å². The maximum atomic E-state index is 12.5. The number of anilines is 2. The average molecular weight is 420 g/mol. The molecule has 28 heavy (non-hydrogen) atoms. The average Bonchev–Trinajstić information content (AvgIpc) is 2.67. The van der Waals surface area contributed by atoms with Crippen molar-refractivity contribution in [3.05, 3.63) is 58.1 Å². The van der Waals surface area contributed by atoms with Crippen molar-refractivity contribution in [2.75, 3.05) is 17.2 Å². The molecule has 2 amide bonds. The summed E-state index contributed by atoms with van der Waals surface area (Å²) in [6.07, 6.45) is 5.61. The van der Waals surface area contributed by atoms with E-state index in [-0.39, 0.29) is 24.4 Å². The lowest BCUT2D eigenvalue weighted by atomic mass is 9.95. The zero-order chi connectivity index (χ0) is 19.9. The fourth-order valence-electron chi connectivity index (χ4n) is 3.30. The first kappa shape index (κ1) is 20.5. The van der Waals surface area contributed by atoms with Gasteiger partial charge in [0.15, 0.2) is 0 Å². The molecule has 3 rings (SSSR count). The Morgan fingerprint density at radius 3 is 2.36 bits per heavy atom. The van der Waals surface area contributed by atoms with E-state index < -0.39 is 0 Å². The fraction of sp³-hybridized carbons (Fsp3) is 0.333. The molecular weight excluding hydrogens is 397 g/mol. The number of amides is 2. The van der Waals surface area contributed by atoms with Gasteiger partial charge in [-0.05, 0) is 49.2 Å². The number of hydrogen-bond acceptors (Lipinski definition) is 3. The summed E-state index contributed by atoms with van der Waals surface area (Å²) in [6.45, 7) is 0.0508. The van der Waals surface area contributed by atoms with Crippen LogP contribution in [0.1, 0.15) is 42.5 Å². The van der Waals surface area contributed by atoms with Crippen LogP contribution in [0.25, 0.3) is 0 Å². The maximum absolute atomic E-state index is 12.5. The first-order valence-corrected chi connectivity index (χ1v) is 10.2. The third-order valence-electron chi connectivity index (χ3n) is 4.66. The molecule has 7 heteroatoms. The molecule has 3 N–H and O–H groups in total. The highest BCUT2D eigenvalue weighted by atomic mass is 35.5. The van der Waals surface area contributed by atoms with Gasteiger partial charge in [0, 0.05) is 33.0 Å². The van der Waals surface area contributed by atoms with Gasteiger partial charge >= 0.3 is 0 Å². The third kappa shape index (κ3) is 6.14. The molecule has 0 radical (unpaired) electrons. The van der Waals surface area contributed by atoms with Crippen LogP contribution >= 0.6 is 23.2 Å². The van der Waals surface area contributed by atoms with Gasteiger partial charge in [-0.1, -0.05) is 48.5 Å². The Morgan fingerprint density at radius 1 is 0.929 bits per heavy atom. The normalized spacial score (nSPS) is 14.4. The molecule has 0 atom stereocenters. The van der Waals surface area contributed by atoms with Crippen molar-refractivity contribution in [2.45, 2.75) is 38.1 Å². The van der Waals surface area contributed by atoms with Crippen molar-refractivity contribution in [2.24, 2.45) is 0 Å². The molecule has 1 saturated carbocycles. The van der Waals surface area contributed by atoms with Gasteiger partial charge in [-0.3, -0.25) is 9.59 Å². The minimum atomic E-state index is -0.235. The smallest absolute Gasteiger partial charge is 0.251 e. The highest BCUT2D eigenvalue weighted by Gasteiger charge is 2.17. The Bertz CT molecular complexity index is 831. The predicted molar refractivity (Wildman–Crippen MR) is 114 cm³/mol. The third-order valence-corrected chi connectivity index (χ3v) is 5.10. The largest absolute Gasteiger partial charge is 0.376 e. The first-order chi connectivity index (χ1) is 13.5. The number of benzene rings is 2. The van der Waals surface area contributed by atoms with Crippen LogP contribution in [0.3, 0.4) is 0 Å². The quantitative estimate of drug-likeness (QED) is 0.609. The van der Waals surface area contributed by atoms with Crippen LogP contribution in [-0.4, -0.2) is 24.4 Å². The Hall–Kier alpha value is -2.24. The molecule has 0 aromatic heterocycles. The maximum Gasteiger partial charge on any atom is 0.251 e. The molecule has 0 bridgehead atoms. The van der Waals surface area contributed by atoms with E-state index >= 15 is 0 Å². The summed E-state index contributed by atoms with van der Waals surface area (Å²) in [5, 5.41) is 9.84. The molecule has 2 aromatic carbocycles. The fourth-order valence-corrected chi connectivity index (χ4v) is 3.82. The van der Waals surface area contributed by atoms with Crippen molar-refractivity contribution in [3.8, 4) is 0 Å². The molecule has 2 aromatic rings. The Labute approximate surface area is 174 Å². The Balaban J connectivity index is 1.54. The minimum Gasteiger partial charge on any atom is -0.376 e. The van der Waals surface area contributed by atoms with Gasteiger partial charge < -0.3 is 16.0 Å². The molecule has 0 spiro atoms. The van der Waals surface area contributed by atoms with Crippen LogP contribution in [0, 0.1) is 0 Å². The van der Waals surface area contributed by atoms with Crippen LogP contribution in [0.4, 0.5) is 11.4 Å². The van der Waals surface area contributed by atoms with E-state index in [2.05, 4.69) is 16.0 Å². The van der Waals surface area contributed by atoms with Gasteiger partial charge in [0.05, 0.1) is 6.54 Å². The monoisotopic (exact) mass is 419 g/mol. The van der Waals surface area contributed by atoms with E-state index in [0.29, 0.717) is 27.0 Å². The van der Waals surface area contributed by atoms with Gasteiger partial charge in [-0.2, -0.15) is 0 Å². The van der Waals surface area contributed by atoms with E-state index in [0.717, 1.165) is 25.7 Å². The van der Waals surface area contributed by atoms with Crippen molar-refractivity contribution >= 4 is 46.4 Å². The second-order valence-corrected chi connectivity index (χ2v) is 7.82. The van der Waals surface area contributed by atoms with Gasteiger partial charge in [0.1, 0.15) is 0 Å². The summed E-state index contributed by atoms with van der Waals surface area (Å²) in [6, 6.07) is 12.2. The highest BCUT2D eigenvalue weighted by molar-refractivity contribution is 6.35. The number of halogens is 2. The van der Waals surface area contributed by atoms with E-state index in [9.17, 15) is 9.59 Å². The molecule has 1 fully saturated rings. The first-order valence-electron chi connectivity index (χ1n) is 9.40. The Kier molecular flexibility index (Phi) is 7.18. The molecule has 0 aliphatic heterocycles. The zero-order valence-corrected chi connectivity index (χ0v) is 16.9. The number of nitrogens with one attached hydrogen (secondary N) is 3. The molecule has 148 valence electrons. The van der Waals surface area contributed by atoms with E-state index in [1.165, 1.54) is 6.42 Å². The highest BCUT2D eigenvalue weighted by Crippen LogP contribution is 2.22. The molecule has 1 aliphatic carbocycles. The van der Waals surface area contributed by atoms with E-state index in [4.69, 9.17) is 23.2 Å². The summed E-state index contributed by atoms with van der Waals surface area (Å²) in [4.78, 5) is 24.7. The van der Waals surface area contributed by atoms with Gasteiger partial charge in [-0.25, -0.2) is 0 Å². The summed E-state index contributed by atoms with van der Waals surface area (Å²) in [5.74, 6) is -0.337. The van der Waals surface area contributed by atoms with E-state index in [1.54, 1.807) is 42.5 Å². The van der Waals surface area contributed by atoms with Crippen LogP contribution in [0.15, 0.2) is 42.5 Å². The second-order valence-electron chi connectivity index (χ2n) is 6.95. The summed E-state index contributed by atoms with van der Waals surface area (Å²) in [5.41, 5.74) is 1.78. The van der Waals surface area contributed by atoms with Gasteiger partial charge in [0.2, 0.25) is 5.91 Å². The van der Waals surface area contributed by atoms with Crippen LogP contribution in [0.2, 0.25) is 10.0 Å². The lowest BCUT2D eigenvalue weighted by molar-refractivity contribution is -0.114. The van der Waals surface area contributed by atoms with Crippen molar-refractivity contribution in [1.82, 2.24) is 5.32 Å². The molecular formula is C21H23Cl2N3O2. The van der Waals surface area contributed by atoms with Crippen molar-refractivity contribution in [1.29, 1.82) is 0 Å². The van der Waals surface area contributed by atoms with Crippen LogP contribution < -0.4 is 16.0 Å². The molecule has 1 aliphatic rings. The van der Waals surface area contributed by atoms with Gasteiger partial charge in [-0.15, -0.1) is 0 Å². The number of hydrogen-bond donors (Lipinski definition) is 3. The van der Waals surface area contributed by atoms with Crippen LogP contribution in [0.5, 0.6) is 0 Å². The summed E-state index contributed by atoms with van der Waals surface area (Å²) in [7, 11) is 0. The minimum absolute atomic E-state index is 0.0508. The second kappa shape index (κ2) is 9.80. The lowest BCUT2D eigenvalue weighted by Gasteiger charge is -2.22. The van der Waals surface area contributed by atoms with E-state index in [1.807, 2.05) is 0 Å². The topological polar surface area (TPSA) is 70.2 Å². The Morgan fingerprint density at radius 2 is 1.64 bits per heavy atom. The zero-order valence-electron chi connectivity index (χ0n) is 15.4. The number of carbonyl (C=O) groups is 2.